The minimum absolute atomic E-state index is 0.145. The van der Waals surface area contributed by atoms with Crippen molar-refractivity contribution in [3.63, 3.8) is 0 Å². The first-order chi connectivity index (χ1) is 14.5. The Bertz CT molecular complexity index is 1300. The summed E-state index contributed by atoms with van der Waals surface area (Å²) >= 11 is 0. The van der Waals surface area contributed by atoms with E-state index in [0.717, 1.165) is 18.3 Å². The van der Waals surface area contributed by atoms with Crippen molar-refractivity contribution in [1.82, 2.24) is 15.0 Å². The number of hydrogen-bond acceptors (Lipinski definition) is 6. The summed E-state index contributed by atoms with van der Waals surface area (Å²) in [6.45, 7) is 1.82. The number of aromatic amines is 1. The Morgan fingerprint density at radius 2 is 1.90 bits per heavy atom. The van der Waals surface area contributed by atoms with E-state index >= 15 is 0 Å². The number of hydrogen-bond donors (Lipinski definition) is 2. The van der Waals surface area contributed by atoms with Crippen LogP contribution in [0.2, 0.25) is 0 Å². The van der Waals surface area contributed by atoms with Crippen LogP contribution in [0.15, 0.2) is 58.5 Å². The molecule has 2 heterocycles. The molecule has 0 radical (unpaired) electrons. The van der Waals surface area contributed by atoms with E-state index in [1.807, 2.05) is 6.92 Å². The quantitative estimate of drug-likeness (QED) is 0.614. The fourth-order valence-electron chi connectivity index (χ4n) is 2.66. The van der Waals surface area contributed by atoms with Gasteiger partial charge in [0.2, 0.25) is 0 Å². The number of aromatic nitrogens is 3. The van der Waals surface area contributed by atoms with Gasteiger partial charge in [0.15, 0.2) is 5.03 Å². The van der Waals surface area contributed by atoms with E-state index < -0.39 is 31.8 Å². The Kier molecular flexibility index (Phi) is 5.93. The maximum Gasteiger partial charge on any atom is 0.503 e. The molecule has 1 aromatic carbocycles. The van der Waals surface area contributed by atoms with Crippen molar-refractivity contribution < 1.29 is 26.4 Å². The second-order valence-corrected chi connectivity index (χ2v) is 8.14. The third-order valence-corrected chi connectivity index (χ3v) is 5.57. The molecule has 0 spiro atoms. The number of anilines is 1. The molecule has 31 heavy (non-hydrogen) atoms. The van der Waals surface area contributed by atoms with Gasteiger partial charge in [-0.1, -0.05) is 19.1 Å². The third kappa shape index (κ3) is 4.63. The highest BCUT2D eigenvalue weighted by Crippen LogP contribution is 2.31. The Morgan fingerprint density at radius 1 is 1.16 bits per heavy atom. The lowest BCUT2D eigenvalue weighted by molar-refractivity contribution is -0.0438. The smallest absolute Gasteiger partial charge is 0.322 e. The SMILES string of the molecule is CCc1cc(=O)[nH]c(-c2cccc(NC(=O)c3cccnc3S(=O)(=O)C(F)(F)F)c2)n1. The second-order valence-electron chi connectivity index (χ2n) is 6.28. The Morgan fingerprint density at radius 3 is 2.58 bits per heavy atom. The number of H-pyrrole nitrogens is 1. The first-order valence-electron chi connectivity index (χ1n) is 8.81. The molecule has 0 saturated carbocycles. The van der Waals surface area contributed by atoms with Crippen LogP contribution < -0.4 is 10.9 Å². The molecule has 3 aromatic rings. The van der Waals surface area contributed by atoms with Gasteiger partial charge in [0.1, 0.15) is 5.82 Å². The Labute approximate surface area is 174 Å². The number of sulfone groups is 1. The van der Waals surface area contributed by atoms with Crippen LogP contribution in [0.5, 0.6) is 0 Å². The highest BCUT2D eigenvalue weighted by Gasteiger charge is 2.49. The number of alkyl halides is 3. The van der Waals surface area contributed by atoms with Gasteiger partial charge in [-0.05, 0) is 30.7 Å². The van der Waals surface area contributed by atoms with Crippen molar-refractivity contribution in [2.45, 2.75) is 23.9 Å². The van der Waals surface area contributed by atoms with Crippen molar-refractivity contribution >= 4 is 21.4 Å². The lowest BCUT2D eigenvalue weighted by Gasteiger charge is -2.12. The number of nitrogens with one attached hydrogen (secondary N) is 2. The van der Waals surface area contributed by atoms with Crippen molar-refractivity contribution in [3.05, 3.63) is 70.3 Å². The van der Waals surface area contributed by atoms with Crippen LogP contribution in [-0.4, -0.2) is 34.8 Å². The zero-order valence-electron chi connectivity index (χ0n) is 15.9. The van der Waals surface area contributed by atoms with Crippen LogP contribution in [0.1, 0.15) is 23.0 Å². The molecule has 0 aliphatic rings. The summed E-state index contributed by atoms with van der Waals surface area (Å²) in [5.74, 6) is -0.862. The molecular formula is C19H15F3N4O4S. The predicted molar refractivity (Wildman–Crippen MR) is 105 cm³/mol. The molecule has 0 atom stereocenters. The van der Waals surface area contributed by atoms with Gasteiger partial charge in [0, 0.05) is 29.2 Å². The first kappa shape index (κ1) is 22.2. The molecule has 0 bridgehead atoms. The van der Waals surface area contributed by atoms with Gasteiger partial charge in [0.25, 0.3) is 21.3 Å². The average molecular weight is 452 g/mol. The molecule has 2 aromatic heterocycles. The number of pyridine rings is 1. The molecular weight excluding hydrogens is 437 g/mol. The zero-order chi connectivity index (χ0) is 22.8. The van der Waals surface area contributed by atoms with Gasteiger partial charge in [0.05, 0.1) is 5.56 Å². The Hall–Kier alpha value is -3.54. The monoisotopic (exact) mass is 452 g/mol. The fourth-order valence-corrected chi connectivity index (χ4v) is 3.52. The largest absolute Gasteiger partial charge is 0.503 e. The van der Waals surface area contributed by atoms with Crippen molar-refractivity contribution in [2.75, 3.05) is 5.32 Å². The number of rotatable bonds is 5. The summed E-state index contributed by atoms with van der Waals surface area (Å²) in [4.78, 5) is 34.4. The van der Waals surface area contributed by atoms with Crippen LogP contribution in [0.4, 0.5) is 18.9 Å². The Balaban J connectivity index is 1.96. The molecule has 3 rings (SSSR count). The van der Waals surface area contributed by atoms with Crippen LogP contribution in [0.3, 0.4) is 0 Å². The molecule has 162 valence electrons. The minimum Gasteiger partial charge on any atom is -0.322 e. The highest BCUT2D eigenvalue weighted by molar-refractivity contribution is 7.92. The summed E-state index contributed by atoms with van der Waals surface area (Å²) in [5.41, 5.74) is -5.62. The maximum absolute atomic E-state index is 12.9. The van der Waals surface area contributed by atoms with E-state index in [-0.39, 0.29) is 17.1 Å². The number of carbonyl (C=O) groups excluding carboxylic acids is 1. The number of benzene rings is 1. The molecule has 2 N–H and O–H groups in total. The minimum atomic E-state index is -5.83. The molecule has 0 aliphatic heterocycles. The van der Waals surface area contributed by atoms with Crippen molar-refractivity contribution in [3.8, 4) is 11.4 Å². The lowest BCUT2D eigenvalue weighted by atomic mass is 10.1. The van der Waals surface area contributed by atoms with E-state index in [1.165, 1.54) is 24.3 Å². The van der Waals surface area contributed by atoms with E-state index in [4.69, 9.17) is 0 Å². The third-order valence-electron chi connectivity index (χ3n) is 4.13. The lowest BCUT2D eigenvalue weighted by Crippen LogP contribution is -2.27. The zero-order valence-corrected chi connectivity index (χ0v) is 16.7. The number of amides is 1. The van der Waals surface area contributed by atoms with Crippen LogP contribution in [0, 0.1) is 0 Å². The number of halogens is 3. The van der Waals surface area contributed by atoms with E-state index in [9.17, 15) is 31.2 Å². The maximum atomic E-state index is 12.9. The number of carbonyl (C=O) groups is 1. The predicted octanol–water partition coefficient (Wildman–Crippen LogP) is 2.94. The van der Waals surface area contributed by atoms with Gasteiger partial charge < -0.3 is 10.3 Å². The van der Waals surface area contributed by atoms with Crippen LogP contribution >= 0.6 is 0 Å². The van der Waals surface area contributed by atoms with Gasteiger partial charge in [-0.15, -0.1) is 0 Å². The fraction of sp³-hybridized carbons (Fsp3) is 0.158. The summed E-state index contributed by atoms with van der Waals surface area (Å²) in [6, 6.07) is 9.43. The first-order valence-corrected chi connectivity index (χ1v) is 10.3. The number of nitrogens with zero attached hydrogens (tertiary/aromatic N) is 2. The topological polar surface area (TPSA) is 122 Å². The van der Waals surface area contributed by atoms with Crippen LogP contribution in [-0.2, 0) is 16.3 Å². The van der Waals surface area contributed by atoms with E-state index in [2.05, 4.69) is 20.3 Å². The van der Waals surface area contributed by atoms with E-state index in [0.29, 0.717) is 17.7 Å². The molecule has 0 saturated heterocycles. The van der Waals surface area contributed by atoms with Gasteiger partial charge >= 0.3 is 5.51 Å². The standard InChI is InChI=1S/C19H15F3N4O4S/c1-2-12-10-15(27)26-16(24-12)11-5-3-6-13(9-11)25-17(28)14-7-4-8-23-18(14)31(29,30)19(20,21)22/h3-10H,2H2,1H3,(H,25,28)(H,24,26,27). The number of aryl methyl sites for hydroxylation is 1. The highest BCUT2D eigenvalue weighted by atomic mass is 32.2. The van der Waals surface area contributed by atoms with Crippen LogP contribution in [0.25, 0.3) is 11.4 Å². The van der Waals surface area contributed by atoms with Crippen molar-refractivity contribution in [1.29, 1.82) is 0 Å². The normalized spacial score (nSPS) is 11.9. The molecule has 8 nitrogen and oxygen atoms in total. The summed E-state index contributed by atoms with van der Waals surface area (Å²) in [6.07, 6.45) is 1.36. The molecule has 12 heteroatoms. The molecule has 0 fully saturated rings. The molecule has 0 unspecified atom stereocenters. The molecule has 1 amide bonds. The van der Waals surface area contributed by atoms with Gasteiger partial charge in [-0.25, -0.2) is 18.4 Å². The average Bonchev–Trinajstić information content (AvgIpc) is 2.72. The van der Waals surface area contributed by atoms with E-state index in [1.54, 1.807) is 6.07 Å². The summed E-state index contributed by atoms with van der Waals surface area (Å²) in [5, 5.41) is 0.954. The summed E-state index contributed by atoms with van der Waals surface area (Å²) in [7, 11) is -5.83. The van der Waals surface area contributed by atoms with Gasteiger partial charge in [-0.2, -0.15) is 13.2 Å². The summed E-state index contributed by atoms with van der Waals surface area (Å²) < 4.78 is 62.3. The second kappa shape index (κ2) is 8.30. The molecule has 0 aliphatic carbocycles. The van der Waals surface area contributed by atoms with Crippen molar-refractivity contribution in [2.24, 2.45) is 0 Å². The van der Waals surface area contributed by atoms with Gasteiger partial charge in [-0.3, -0.25) is 9.59 Å².